The monoisotopic (exact) mass is 311 g/mol. The SMILES string of the molecule is CCCn1c(S[C@H]([C@@H]2CCCO2)C(F)(F)F)n[nH]c1=O. The first-order chi connectivity index (χ1) is 9.43. The molecule has 114 valence electrons. The van der Waals surface area contributed by atoms with Gasteiger partial charge in [-0.3, -0.25) is 4.57 Å². The molecule has 1 fully saturated rings. The van der Waals surface area contributed by atoms with E-state index in [0.29, 0.717) is 44.2 Å². The maximum atomic E-state index is 13.2. The van der Waals surface area contributed by atoms with E-state index >= 15 is 0 Å². The topological polar surface area (TPSA) is 59.9 Å². The number of alkyl halides is 3. The fourth-order valence-corrected chi connectivity index (χ4v) is 3.25. The number of halogens is 3. The van der Waals surface area contributed by atoms with Crippen molar-refractivity contribution in [2.24, 2.45) is 0 Å². The fraction of sp³-hybridized carbons (Fsp3) is 0.818. The zero-order valence-electron chi connectivity index (χ0n) is 10.9. The fourth-order valence-electron chi connectivity index (χ4n) is 2.12. The molecule has 5 nitrogen and oxygen atoms in total. The van der Waals surface area contributed by atoms with Crippen molar-refractivity contribution in [3.63, 3.8) is 0 Å². The van der Waals surface area contributed by atoms with Gasteiger partial charge in [-0.2, -0.15) is 13.2 Å². The molecule has 1 saturated heterocycles. The number of hydrogen-bond donors (Lipinski definition) is 1. The molecule has 0 spiro atoms. The molecule has 1 N–H and O–H groups in total. The summed E-state index contributed by atoms with van der Waals surface area (Å²) in [6, 6.07) is 0. The lowest BCUT2D eigenvalue weighted by atomic mass is 10.2. The van der Waals surface area contributed by atoms with Gasteiger partial charge in [0.25, 0.3) is 0 Å². The van der Waals surface area contributed by atoms with Gasteiger partial charge in [-0.15, -0.1) is 5.10 Å². The van der Waals surface area contributed by atoms with Crippen LogP contribution in [0.4, 0.5) is 13.2 Å². The maximum absolute atomic E-state index is 13.2. The zero-order chi connectivity index (χ0) is 14.8. The van der Waals surface area contributed by atoms with E-state index < -0.39 is 23.2 Å². The van der Waals surface area contributed by atoms with Crippen LogP contribution in [0.3, 0.4) is 0 Å². The molecule has 1 aromatic heterocycles. The number of rotatable bonds is 5. The molecule has 20 heavy (non-hydrogen) atoms. The minimum Gasteiger partial charge on any atom is -0.377 e. The van der Waals surface area contributed by atoms with E-state index in [1.807, 2.05) is 6.92 Å². The average molecular weight is 311 g/mol. The summed E-state index contributed by atoms with van der Waals surface area (Å²) in [5, 5.41) is 4.26. The summed E-state index contributed by atoms with van der Waals surface area (Å²) in [5.41, 5.74) is -0.484. The molecule has 0 saturated carbocycles. The molecule has 2 rings (SSSR count). The van der Waals surface area contributed by atoms with Crippen LogP contribution < -0.4 is 5.69 Å². The summed E-state index contributed by atoms with van der Waals surface area (Å²) >= 11 is 0.551. The van der Waals surface area contributed by atoms with E-state index in [2.05, 4.69) is 10.2 Å². The first-order valence-corrected chi connectivity index (χ1v) is 7.31. The summed E-state index contributed by atoms with van der Waals surface area (Å²) < 4.78 is 45.9. The van der Waals surface area contributed by atoms with Gasteiger partial charge in [0.15, 0.2) is 5.16 Å². The average Bonchev–Trinajstić information content (AvgIpc) is 2.98. The number of aromatic amines is 1. The lowest BCUT2D eigenvalue weighted by Crippen LogP contribution is -2.37. The number of aromatic nitrogens is 3. The van der Waals surface area contributed by atoms with Gasteiger partial charge in [-0.05, 0) is 19.3 Å². The van der Waals surface area contributed by atoms with Crippen LogP contribution in [0.15, 0.2) is 9.95 Å². The van der Waals surface area contributed by atoms with E-state index in [9.17, 15) is 18.0 Å². The first-order valence-electron chi connectivity index (χ1n) is 6.43. The predicted molar refractivity (Wildman–Crippen MR) is 67.8 cm³/mol. The van der Waals surface area contributed by atoms with Gasteiger partial charge in [0.2, 0.25) is 0 Å². The molecule has 0 unspecified atom stereocenters. The van der Waals surface area contributed by atoms with E-state index in [4.69, 9.17) is 4.74 Å². The Labute approximate surface area is 117 Å². The molecule has 1 aliphatic rings. The largest absolute Gasteiger partial charge is 0.403 e. The minimum absolute atomic E-state index is 0.0645. The standard InChI is InChI=1S/C11H16F3N3O2S/c1-2-5-17-9(18)15-16-10(17)20-8(11(12,13)14)7-4-3-6-19-7/h7-8H,2-6H2,1H3,(H,15,18)/t7-,8+/m0/s1. The smallest absolute Gasteiger partial charge is 0.377 e. The van der Waals surface area contributed by atoms with E-state index in [1.165, 1.54) is 4.57 Å². The van der Waals surface area contributed by atoms with Crippen LogP contribution in [0.1, 0.15) is 26.2 Å². The van der Waals surface area contributed by atoms with Crippen molar-refractivity contribution in [2.75, 3.05) is 6.61 Å². The van der Waals surface area contributed by atoms with E-state index in [0.717, 1.165) is 0 Å². The van der Waals surface area contributed by atoms with Crippen LogP contribution in [0.5, 0.6) is 0 Å². The number of hydrogen-bond acceptors (Lipinski definition) is 4. The Hall–Kier alpha value is -0.960. The van der Waals surface area contributed by atoms with Crippen LogP contribution in [0.25, 0.3) is 0 Å². The lowest BCUT2D eigenvalue weighted by molar-refractivity contribution is -0.148. The normalized spacial score (nSPS) is 21.3. The highest BCUT2D eigenvalue weighted by Crippen LogP contribution is 2.39. The molecule has 2 heterocycles. The molecule has 9 heteroatoms. The maximum Gasteiger partial charge on any atom is 0.403 e. The van der Waals surface area contributed by atoms with Gasteiger partial charge < -0.3 is 4.74 Å². The van der Waals surface area contributed by atoms with Crippen molar-refractivity contribution in [3.05, 3.63) is 10.5 Å². The highest BCUT2D eigenvalue weighted by atomic mass is 32.2. The number of ether oxygens (including phenoxy) is 1. The lowest BCUT2D eigenvalue weighted by Gasteiger charge is -2.24. The van der Waals surface area contributed by atoms with Crippen LogP contribution in [-0.2, 0) is 11.3 Å². The van der Waals surface area contributed by atoms with Gasteiger partial charge in [0, 0.05) is 13.2 Å². The van der Waals surface area contributed by atoms with Crippen molar-refractivity contribution in [1.82, 2.24) is 14.8 Å². The van der Waals surface area contributed by atoms with E-state index in [-0.39, 0.29) is 5.16 Å². The van der Waals surface area contributed by atoms with Crippen molar-refractivity contribution >= 4 is 11.8 Å². The molecule has 0 aromatic carbocycles. The molecular weight excluding hydrogens is 295 g/mol. The number of nitrogens with one attached hydrogen (secondary N) is 1. The molecule has 0 radical (unpaired) electrons. The Bertz CT molecular complexity index is 494. The summed E-state index contributed by atoms with van der Waals surface area (Å²) in [6.07, 6.45) is -3.63. The van der Waals surface area contributed by atoms with Crippen LogP contribution in [0, 0.1) is 0 Å². The molecule has 1 aliphatic heterocycles. The van der Waals surface area contributed by atoms with Crippen molar-refractivity contribution in [3.8, 4) is 0 Å². The third-order valence-corrected chi connectivity index (χ3v) is 4.38. The summed E-state index contributed by atoms with van der Waals surface area (Å²) in [6.45, 7) is 2.53. The number of nitrogens with zero attached hydrogens (tertiary/aromatic N) is 2. The highest BCUT2D eigenvalue weighted by Gasteiger charge is 2.48. The molecular formula is C11H16F3N3O2S. The molecule has 0 bridgehead atoms. The zero-order valence-corrected chi connectivity index (χ0v) is 11.8. The Morgan fingerprint density at radius 1 is 1.60 bits per heavy atom. The van der Waals surface area contributed by atoms with Gasteiger partial charge in [0.1, 0.15) is 5.25 Å². The van der Waals surface area contributed by atoms with Gasteiger partial charge in [0.05, 0.1) is 6.10 Å². The second kappa shape index (κ2) is 6.21. The Balaban J connectivity index is 2.21. The highest BCUT2D eigenvalue weighted by molar-refractivity contribution is 7.99. The minimum atomic E-state index is -4.40. The number of thioether (sulfide) groups is 1. The van der Waals surface area contributed by atoms with Crippen LogP contribution in [-0.4, -0.2) is 38.9 Å². The molecule has 0 amide bonds. The van der Waals surface area contributed by atoms with E-state index in [1.54, 1.807) is 0 Å². The second-order valence-corrected chi connectivity index (χ2v) is 5.70. The van der Waals surface area contributed by atoms with Crippen molar-refractivity contribution < 1.29 is 17.9 Å². The molecule has 1 aromatic rings. The first kappa shape index (κ1) is 15.4. The summed E-state index contributed by atoms with van der Waals surface area (Å²) in [7, 11) is 0. The molecule has 2 atom stereocenters. The van der Waals surface area contributed by atoms with Crippen molar-refractivity contribution in [2.45, 2.75) is 55.4 Å². The predicted octanol–water partition coefficient (Wildman–Crippen LogP) is 2.18. The Morgan fingerprint density at radius 3 is 2.90 bits per heavy atom. The third-order valence-electron chi connectivity index (χ3n) is 3.03. The van der Waals surface area contributed by atoms with Gasteiger partial charge in [-0.25, -0.2) is 9.89 Å². The second-order valence-electron chi connectivity index (χ2n) is 4.59. The quantitative estimate of drug-likeness (QED) is 0.847. The third kappa shape index (κ3) is 3.38. The Morgan fingerprint density at radius 2 is 2.35 bits per heavy atom. The summed E-state index contributed by atoms with van der Waals surface area (Å²) in [4.78, 5) is 11.5. The molecule has 0 aliphatic carbocycles. The summed E-state index contributed by atoms with van der Waals surface area (Å²) in [5.74, 6) is 0. The van der Waals surface area contributed by atoms with Crippen molar-refractivity contribution in [1.29, 1.82) is 0 Å². The van der Waals surface area contributed by atoms with Gasteiger partial charge in [-0.1, -0.05) is 18.7 Å². The van der Waals surface area contributed by atoms with Crippen LogP contribution >= 0.6 is 11.8 Å². The Kier molecular flexibility index (Phi) is 4.79. The van der Waals surface area contributed by atoms with Gasteiger partial charge >= 0.3 is 11.9 Å². The van der Waals surface area contributed by atoms with Crippen LogP contribution in [0.2, 0.25) is 0 Å². The number of H-pyrrole nitrogens is 1.